The minimum absolute atomic E-state index is 0.168. The van der Waals surface area contributed by atoms with E-state index in [4.69, 9.17) is 16.3 Å². The summed E-state index contributed by atoms with van der Waals surface area (Å²) < 4.78 is 5.15. The molecule has 0 bridgehead atoms. The summed E-state index contributed by atoms with van der Waals surface area (Å²) in [6.45, 7) is 3.68. The van der Waals surface area contributed by atoms with E-state index in [1.807, 2.05) is 13.8 Å². The van der Waals surface area contributed by atoms with Crippen molar-refractivity contribution in [2.24, 2.45) is 0 Å². The second kappa shape index (κ2) is 7.32. The van der Waals surface area contributed by atoms with Crippen LogP contribution in [0.15, 0.2) is 42.5 Å². The summed E-state index contributed by atoms with van der Waals surface area (Å²) in [6.07, 6.45) is 0.376. The van der Waals surface area contributed by atoms with E-state index in [1.165, 1.54) is 16.9 Å². The Morgan fingerprint density at radius 1 is 1.20 bits per heavy atom. The van der Waals surface area contributed by atoms with Crippen LogP contribution in [0.25, 0.3) is 0 Å². The van der Waals surface area contributed by atoms with Gasteiger partial charge in [-0.25, -0.2) is 0 Å². The molecule has 0 aliphatic carbocycles. The van der Waals surface area contributed by atoms with Crippen LogP contribution in [-0.2, 0) is 9.59 Å². The molecule has 0 radical (unpaired) electrons. The summed E-state index contributed by atoms with van der Waals surface area (Å²) in [4.78, 5) is 43.0. The minimum atomic E-state index is -1.44. The molecule has 2 aliphatic rings. The Kier molecular flexibility index (Phi) is 4.94. The lowest BCUT2D eigenvalue weighted by atomic mass is 9.94. The van der Waals surface area contributed by atoms with E-state index in [9.17, 15) is 14.4 Å². The highest BCUT2D eigenvalue weighted by atomic mass is 35.5. The lowest BCUT2D eigenvalue weighted by Crippen LogP contribution is -2.70. The van der Waals surface area contributed by atoms with Crippen molar-refractivity contribution in [3.05, 3.63) is 53.1 Å². The standard InChI is InChI=1S/C22H22ClN3O4/c1-13(2)25-20(28)15-6-4-5-7-17(15)26-19(27)10-11-22(25,26)21(29)24-14-8-9-18(30-3)16(23)12-14/h4-9,12-13H,10-11H2,1-3H3,(H,24,29)/t22-/m1/s1. The number of amides is 3. The van der Waals surface area contributed by atoms with E-state index < -0.39 is 11.6 Å². The van der Waals surface area contributed by atoms with Crippen molar-refractivity contribution in [3.8, 4) is 5.75 Å². The molecular formula is C22H22ClN3O4. The molecule has 2 aromatic rings. The van der Waals surface area contributed by atoms with Crippen LogP contribution in [0.4, 0.5) is 11.4 Å². The molecule has 0 saturated carbocycles. The van der Waals surface area contributed by atoms with Gasteiger partial charge in [0, 0.05) is 24.6 Å². The maximum atomic E-state index is 13.7. The van der Waals surface area contributed by atoms with Crippen molar-refractivity contribution >= 4 is 40.7 Å². The van der Waals surface area contributed by atoms with Crippen molar-refractivity contribution in [1.29, 1.82) is 0 Å². The van der Waals surface area contributed by atoms with E-state index in [-0.39, 0.29) is 30.7 Å². The average molecular weight is 428 g/mol. The number of anilines is 2. The highest BCUT2D eigenvalue weighted by Gasteiger charge is 2.61. The van der Waals surface area contributed by atoms with Crippen LogP contribution in [0.2, 0.25) is 5.02 Å². The first-order valence-electron chi connectivity index (χ1n) is 9.72. The monoisotopic (exact) mass is 427 g/mol. The Labute approximate surface area is 179 Å². The third kappa shape index (κ3) is 2.84. The smallest absolute Gasteiger partial charge is 0.271 e. The Morgan fingerprint density at radius 2 is 1.93 bits per heavy atom. The van der Waals surface area contributed by atoms with Crippen molar-refractivity contribution < 1.29 is 19.1 Å². The first-order chi connectivity index (χ1) is 14.3. The molecule has 2 aliphatic heterocycles. The summed E-state index contributed by atoms with van der Waals surface area (Å²) in [6, 6.07) is 11.5. The first-order valence-corrected chi connectivity index (χ1v) is 10.1. The maximum Gasteiger partial charge on any atom is 0.271 e. The van der Waals surface area contributed by atoms with Crippen molar-refractivity contribution in [3.63, 3.8) is 0 Å². The third-order valence-corrected chi connectivity index (χ3v) is 5.88. The molecule has 2 heterocycles. The molecule has 3 amide bonds. The molecule has 4 rings (SSSR count). The van der Waals surface area contributed by atoms with Crippen LogP contribution in [0.5, 0.6) is 5.75 Å². The number of methoxy groups -OCH3 is 1. The number of ether oxygens (including phenoxy) is 1. The van der Waals surface area contributed by atoms with Gasteiger partial charge in [0.2, 0.25) is 11.6 Å². The molecule has 0 unspecified atom stereocenters. The van der Waals surface area contributed by atoms with Gasteiger partial charge in [-0.3, -0.25) is 19.3 Å². The number of fused-ring (bicyclic) bond motifs is 3. The Balaban J connectivity index is 1.82. The number of carbonyl (C=O) groups excluding carboxylic acids is 3. The summed E-state index contributed by atoms with van der Waals surface area (Å²) in [5, 5.41) is 3.20. The summed E-state index contributed by atoms with van der Waals surface area (Å²) in [7, 11) is 1.51. The maximum absolute atomic E-state index is 13.7. The van der Waals surface area contributed by atoms with Crippen molar-refractivity contribution in [2.45, 2.75) is 38.4 Å². The van der Waals surface area contributed by atoms with Gasteiger partial charge >= 0.3 is 0 Å². The van der Waals surface area contributed by atoms with Crippen LogP contribution in [0, 0.1) is 0 Å². The number of carbonyl (C=O) groups is 3. The molecule has 156 valence electrons. The van der Waals surface area contributed by atoms with E-state index >= 15 is 0 Å². The number of halogens is 1. The van der Waals surface area contributed by atoms with Gasteiger partial charge in [-0.2, -0.15) is 0 Å². The molecule has 0 aromatic heterocycles. The molecule has 1 saturated heterocycles. The van der Waals surface area contributed by atoms with Gasteiger partial charge in [0.05, 0.1) is 23.4 Å². The lowest BCUT2D eigenvalue weighted by molar-refractivity contribution is -0.129. The zero-order chi connectivity index (χ0) is 21.6. The van der Waals surface area contributed by atoms with Crippen LogP contribution in [0.3, 0.4) is 0 Å². The van der Waals surface area contributed by atoms with Gasteiger partial charge in [-0.15, -0.1) is 0 Å². The number of rotatable bonds is 4. The average Bonchev–Trinajstić information content (AvgIpc) is 3.06. The molecular weight excluding hydrogens is 406 g/mol. The fourth-order valence-corrected chi connectivity index (χ4v) is 4.64. The Bertz CT molecular complexity index is 1050. The Morgan fingerprint density at radius 3 is 2.60 bits per heavy atom. The molecule has 0 spiro atoms. The van der Waals surface area contributed by atoms with E-state index in [0.29, 0.717) is 27.7 Å². The van der Waals surface area contributed by atoms with Crippen LogP contribution in [-0.4, -0.2) is 41.4 Å². The van der Waals surface area contributed by atoms with E-state index in [2.05, 4.69) is 5.32 Å². The van der Waals surface area contributed by atoms with Gasteiger partial charge < -0.3 is 15.0 Å². The number of benzene rings is 2. The van der Waals surface area contributed by atoms with Crippen LogP contribution < -0.4 is 15.0 Å². The molecule has 1 atom stereocenters. The summed E-state index contributed by atoms with van der Waals surface area (Å²) in [5.41, 5.74) is -0.111. The molecule has 2 aromatic carbocycles. The van der Waals surface area contributed by atoms with E-state index in [0.717, 1.165) is 0 Å². The van der Waals surface area contributed by atoms with Gasteiger partial charge in [0.1, 0.15) is 5.75 Å². The van der Waals surface area contributed by atoms with Gasteiger partial charge in [0.15, 0.2) is 0 Å². The number of para-hydroxylation sites is 1. The third-order valence-electron chi connectivity index (χ3n) is 5.59. The van der Waals surface area contributed by atoms with Crippen LogP contribution in [0.1, 0.15) is 37.0 Å². The molecule has 8 heteroatoms. The predicted molar refractivity (Wildman–Crippen MR) is 114 cm³/mol. The highest BCUT2D eigenvalue weighted by molar-refractivity contribution is 6.32. The minimum Gasteiger partial charge on any atom is -0.495 e. The Hall–Kier alpha value is -3.06. The van der Waals surface area contributed by atoms with Gasteiger partial charge in [-0.1, -0.05) is 23.7 Å². The molecule has 1 N–H and O–H groups in total. The second-order valence-corrected chi connectivity index (χ2v) is 8.04. The van der Waals surface area contributed by atoms with Gasteiger partial charge in [0.25, 0.3) is 11.8 Å². The fraction of sp³-hybridized carbons (Fsp3) is 0.318. The SMILES string of the molecule is COc1ccc(NC(=O)[C@@]23CCC(=O)N2c2ccccc2C(=O)N3C(C)C)cc1Cl. The number of nitrogens with zero attached hydrogens (tertiary/aromatic N) is 2. The van der Waals surface area contributed by atoms with E-state index in [1.54, 1.807) is 42.5 Å². The lowest BCUT2D eigenvalue weighted by Gasteiger charge is -2.50. The fourth-order valence-electron chi connectivity index (χ4n) is 4.38. The first kappa shape index (κ1) is 20.2. The molecule has 7 nitrogen and oxygen atoms in total. The zero-order valence-corrected chi connectivity index (χ0v) is 17.7. The number of nitrogens with one attached hydrogen (secondary N) is 1. The largest absolute Gasteiger partial charge is 0.495 e. The second-order valence-electron chi connectivity index (χ2n) is 7.64. The predicted octanol–water partition coefficient (Wildman–Crippen LogP) is 3.67. The molecule has 1 fully saturated rings. The highest BCUT2D eigenvalue weighted by Crippen LogP contribution is 2.46. The van der Waals surface area contributed by atoms with Crippen molar-refractivity contribution in [1.82, 2.24) is 4.90 Å². The van der Waals surface area contributed by atoms with Crippen LogP contribution >= 0.6 is 11.6 Å². The quantitative estimate of drug-likeness (QED) is 0.807. The summed E-state index contributed by atoms with van der Waals surface area (Å²) >= 11 is 6.20. The normalized spacial score (nSPS) is 20.3. The zero-order valence-electron chi connectivity index (χ0n) is 16.9. The molecule has 30 heavy (non-hydrogen) atoms. The number of hydrogen-bond donors (Lipinski definition) is 1. The number of hydrogen-bond acceptors (Lipinski definition) is 4. The van der Waals surface area contributed by atoms with Crippen molar-refractivity contribution in [2.75, 3.05) is 17.3 Å². The summed E-state index contributed by atoms with van der Waals surface area (Å²) in [5.74, 6) is -0.430. The van der Waals surface area contributed by atoms with Gasteiger partial charge in [-0.05, 0) is 44.2 Å². The topological polar surface area (TPSA) is 79.0 Å².